The lowest BCUT2D eigenvalue weighted by Gasteiger charge is -2.11. The Balaban J connectivity index is 3.12. The molecular formula is C30H63N. The van der Waals surface area contributed by atoms with Crippen LogP contribution in [0.15, 0.2) is 0 Å². The molecule has 1 unspecified atom stereocenters. The zero-order valence-corrected chi connectivity index (χ0v) is 22.2. The van der Waals surface area contributed by atoms with Crippen LogP contribution in [0.2, 0.25) is 0 Å². The number of unbranched alkanes of at least 4 members (excludes halogenated alkanes) is 23. The maximum atomic E-state index is 6.34. The zero-order chi connectivity index (χ0) is 22.7. The van der Waals surface area contributed by atoms with Gasteiger partial charge in [0.15, 0.2) is 0 Å². The van der Waals surface area contributed by atoms with Gasteiger partial charge in [-0.2, -0.15) is 0 Å². The van der Waals surface area contributed by atoms with E-state index in [4.69, 9.17) is 5.73 Å². The van der Waals surface area contributed by atoms with E-state index in [9.17, 15) is 0 Å². The van der Waals surface area contributed by atoms with Crippen molar-refractivity contribution in [3.63, 3.8) is 0 Å². The van der Waals surface area contributed by atoms with E-state index in [-0.39, 0.29) is 0 Å². The summed E-state index contributed by atoms with van der Waals surface area (Å²) in [7, 11) is 0. The Kier molecular flexibility index (Phi) is 28.0. The predicted octanol–water partition coefficient (Wildman–Crippen LogP) is 10.9. The molecule has 0 saturated carbocycles. The second-order valence-electron chi connectivity index (χ2n) is 10.5. The lowest BCUT2D eigenvalue weighted by Crippen LogP contribution is -2.19. The van der Waals surface area contributed by atoms with Crippen molar-refractivity contribution >= 4 is 0 Å². The van der Waals surface area contributed by atoms with Gasteiger partial charge in [0, 0.05) is 6.04 Å². The lowest BCUT2D eigenvalue weighted by atomic mass is 10.00. The number of hydrogen-bond acceptors (Lipinski definition) is 1. The van der Waals surface area contributed by atoms with Crippen LogP contribution in [-0.2, 0) is 0 Å². The summed E-state index contributed by atoms with van der Waals surface area (Å²) in [6, 6.07) is 0.469. The highest BCUT2D eigenvalue weighted by molar-refractivity contribution is 4.62. The highest BCUT2D eigenvalue weighted by Crippen LogP contribution is 2.16. The van der Waals surface area contributed by atoms with Crippen molar-refractivity contribution in [1.82, 2.24) is 0 Å². The fourth-order valence-electron chi connectivity index (χ4n) is 4.82. The quantitative estimate of drug-likeness (QED) is 0.127. The van der Waals surface area contributed by atoms with Crippen LogP contribution in [0.5, 0.6) is 0 Å². The molecule has 1 heteroatoms. The van der Waals surface area contributed by atoms with E-state index in [2.05, 4.69) is 13.8 Å². The molecule has 0 aromatic heterocycles. The Morgan fingerprint density at radius 2 is 0.516 bits per heavy atom. The molecule has 0 aliphatic rings. The molecule has 0 spiro atoms. The van der Waals surface area contributed by atoms with Crippen LogP contribution in [0.1, 0.15) is 187 Å². The van der Waals surface area contributed by atoms with Crippen molar-refractivity contribution in [2.24, 2.45) is 5.73 Å². The van der Waals surface area contributed by atoms with Gasteiger partial charge >= 0.3 is 0 Å². The maximum absolute atomic E-state index is 6.34. The van der Waals surface area contributed by atoms with Gasteiger partial charge in [0.05, 0.1) is 0 Å². The van der Waals surface area contributed by atoms with Gasteiger partial charge in [-0.15, -0.1) is 0 Å². The molecule has 0 aliphatic heterocycles. The van der Waals surface area contributed by atoms with E-state index in [1.807, 2.05) is 0 Å². The molecule has 0 fully saturated rings. The Labute approximate surface area is 199 Å². The molecule has 2 N–H and O–H groups in total. The Hall–Kier alpha value is -0.0400. The molecule has 188 valence electrons. The van der Waals surface area contributed by atoms with E-state index in [1.54, 1.807) is 0 Å². The van der Waals surface area contributed by atoms with E-state index < -0.39 is 0 Å². The summed E-state index contributed by atoms with van der Waals surface area (Å²) in [5.41, 5.74) is 6.34. The first-order valence-electron chi connectivity index (χ1n) is 15.1. The Morgan fingerprint density at radius 3 is 0.742 bits per heavy atom. The van der Waals surface area contributed by atoms with E-state index >= 15 is 0 Å². The van der Waals surface area contributed by atoms with Crippen molar-refractivity contribution in [2.45, 2.75) is 193 Å². The molecule has 0 aromatic rings. The molecule has 0 aromatic carbocycles. The van der Waals surface area contributed by atoms with Gasteiger partial charge in [0.25, 0.3) is 0 Å². The van der Waals surface area contributed by atoms with Crippen LogP contribution in [0, 0.1) is 0 Å². The normalized spacial score (nSPS) is 12.5. The minimum absolute atomic E-state index is 0.469. The minimum atomic E-state index is 0.469. The number of nitrogens with two attached hydrogens (primary N) is 1. The van der Waals surface area contributed by atoms with Crippen molar-refractivity contribution in [2.75, 3.05) is 0 Å². The van der Waals surface area contributed by atoms with Crippen molar-refractivity contribution in [3.8, 4) is 0 Å². The standard InChI is InChI=1S/C30H63N/c1-3-5-7-9-11-13-15-16-17-18-19-21-23-25-27-29-30(31)28-26-24-22-20-14-12-10-8-6-4-2/h30H,3-29,31H2,1-2H3. The average Bonchev–Trinajstić information content (AvgIpc) is 2.77. The third-order valence-electron chi connectivity index (χ3n) is 7.11. The summed E-state index contributed by atoms with van der Waals surface area (Å²) in [5.74, 6) is 0. The first kappa shape index (κ1) is 31.0. The van der Waals surface area contributed by atoms with Crippen LogP contribution in [0.25, 0.3) is 0 Å². The molecule has 0 radical (unpaired) electrons. The van der Waals surface area contributed by atoms with E-state index in [0.29, 0.717) is 6.04 Å². The predicted molar refractivity (Wildman–Crippen MR) is 144 cm³/mol. The zero-order valence-electron chi connectivity index (χ0n) is 22.2. The summed E-state index contributed by atoms with van der Waals surface area (Å²) in [4.78, 5) is 0. The Morgan fingerprint density at radius 1 is 0.323 bits per heavy atom. The minimum Gasteiger partial charge on any atom is -0.328 e. The van der Waals surface area contributed by atoms with Crippen molar-refractivity contribution < 1.29 is 0 Å². The van der Waals surface area contributed by atoms with Gasteiger partial charge in [0.2, 0.25) is 0 Å². The smallest absolute Gasteiger partial charge is 0.00388 e. The topological polar surface area (TPSA) is 26.0 Å². The van der Waals surface area contributed by atoms with Crippen LogP contribution >= 0.6 is 0 Å². The molecule has 1 nitrogen and oxygen atoms in total. The SMILES string of the molecule is CCCCCCCCCCCCCCCCCC(N)CCCCCCCCCCCC. The van der Waals surface area contributed by atoms with Crippen LogP contribution in [0.3, 0.4) is 0 Å². The first-order chi connectivity index (χ1) is 15.3. The second kappa shape index (κ2) is 28.0. The number of hydrogen-bond donors (Lipinski definition) is 1. The monoisotopic (exact) mass is 437 g/mol. The fraction of sp³-hybridized carbons (Fsp3) is 1.00. The highest BCUT2D eigenvalue weighted by atomic mass is 14.6. The maximum Gasteiger partial charge on any atom is 0.00388 e. The average molecular weight is 438 g/mol. The second-order valence-corrected chi connectivity index (χ2v) is 10.5. The largest absolute Gasteiger partial charge is 0.328 e. The van der Waals surface area contributed by atoms with Gasteiger partial charge in [-0.1, -0.05) is 174 Å². The van der Waals surface area contributed by atoms with Crippen molar-refractivity contribution in [3.05, 3.63) is 0 Å². The van der Waals surface area contributed by atoms with Crippen molar-refractivity contribution in [1.29, 1.82) is 0 Å². The molecule has 0 rings (SSSR count). The summed E-state index contributed by atoms with van der Waals surface area (Å²) >= 11 is 0. The van der Waals surface area contributed by atoms with Crippen LogP contribution < -0.4 is 5.73 Å². The molecule has 1 atom stereocenters. The van der Waals surface area contributed by atoms with E-state index in [0.717, 1.165) is 0 Å². The van der Waals surface area contributed by atoms with E-state index in [1.165, 1.54) is 173 Å². The van der Waals surface area contributed by atoms with Gasteiger partial charge < -0.3 is 5.73 Å². The van der Waals surface area contributed by atoms with Crippen LogP contribution in [0.4, 0.5) is 0 Å². The molecular weight excluding hydrogens is 374 g/mol. The third-order valence-corrected chi connectivity index (χ3v) is 7.11. The van der Waals surface area contributed by atoms with Gasteiger partial charge in [0.1, 0.15) is 0 Å². The first-order valence-corrected chi connectivity index (χ1v) is 15.1. The van der Waals surface area contributed by atoms with Gasteiger partial charge in [-0.05, 0) is 12.8 Å². The molecule has 0 amide bonds. The van der Waals surface area contributed by atoms with Crippen LogP contribution in [-0.4, -0.2) is 6.04 Å². The molecule has 31 heavy (non-hydrogen) atoms. The third kappa shape index (κ3) is 27.9. The molecule has 0 bridgehead atoms. The lowest BCUT2D eigenvalue weighted by molar-refractivity contribution is 0.478. The molecule has 0 heterocycles. The number of rotatable bonds is 27. The summed E-state index contributed by atoms with van der Waals surface area (Å²) < 4.78 is 0. The summed E-state index contributed by atoms with van der Waals surface area (Å²) in [5, 5.41) is 0. The molecule has 0 aliphatic carbocycles. The van der Waals surface area contributed by atoms with Gasteiger partial charge in [-0.25, -0.2) is 0 Å². The Bertz CT molecular complexity index is 301. The van der Waals surface area contributed by atoms with Gasteiger partial charge in [-0.3, -0.25) is 0 Å². The fourth-order valence-corrected chi connectivity index (χ4v) is 4.82. The summed E-state index contributed by atoms with van der Waals surface area (Å²) in [6.45, 7) is 4.60. The highest BCUT2D eigenvalue weighted by Gasteiger charge is 2.02. The molecule has 0 saturated heterocycles. The summed E-state index contributed by atoms with van der Waals surface area (Å²) in [6.07, 6.45) is 38.4.